The normalized spacial score (nSPS) is 13.5. The van der Waals surface area contributed by atoms with Gasteiger partial charge in [-0.3, -0.25) is 10.4 Å². The first kappa shape index (κ1) is 17.1. The Kier molecular flexibility index (Phi) is 7.19. The van der Waals surface area contributed by atoms with Crippen molar-refractivity contribution in [3.63, 3.8) is 0 Å². The summed E-state index contributed by atoms with van der Waals surface area (Å²) in [5, 5.41) is 2.97. The van der Waals surface area contributed by atoms with Gasteiger partial charge in [0.1, 0.15) is 0 Å². The van der Waals surface area contributed by atoms with Crippen molar-refractivity contribution in [2.45, 2.75) is 25.0 Å². The summed E-state index contributed by atoms with van der Waals surface area (Å²) in [4.78, 5) is 4.13. The van der Waals surface area contributed by atoms with E-state index in [1.807, 2.05) is 0 Å². The Morgan fingerprint density at radius 3 is 2.50 bits per heavy atom. The van der Waals surface area contributed by atoms with Crippen molar-refractivity contribution in [3.05, 3.63) is 0 Å². The molecule has 0 aromatic rings. The Hall–Kier alpha value is -0.860. The van der Waals surface area contributed by atoms with Gasteiger partial charge < -0.3 is 10.1 Å². The van der Waals surface area contributed by atoms with Crippen molar-refractivity contribution in [2.75, 3.05) is 33.1 Å². The molecule has 0 saturated heterocycles. The molecule has 0 aromatic carbocycles. The number of nitrogens with zero attached hydrogens (tertiary/aromatic N) is 1. The first-order valence-corrected chi connectivity index (χ1v) is 7.57. The van der Waals surface area contributed by atoms with Crippen LogP contribution >= 0.6 is 0 Å². The number of rotatable bonds is 7. The lowest BCUT2D eigenvalue weighted by molar-refractivity contribution is 0.195. The highest BCUT2D eigenvalue weighted by atomic mass is 32.2. The van der Waals surface area contributed by atoms with Gasteiger partial charge in [-0.1, -0.05) is 0 Å². The molecule has 0 aromatic heterocycles. The molecule has 7 nitrogen and oxygen atoms in total. The molecule has 0 fully saturated rings. The fourth-order valence-corrected chi connectivity index (χ4v) is 1.26. The average molecular weight is 280 g/mol. The van der Waals surface area contributed by atoms with Crippen molar-refractivity contribution in [3.8, 4) is 0 Å². The van der Waals surface area contributed by atoms with E-state index in [1.54, 1.807) is 21.0 Å². The van der Waals surface area contributed by atoms with Gasteiger partial charge in [0.25, 0.3) is 0 Å². The topological polar surface area (TPSA) is 106 Å². The van der Waals surface area contributed by atoms with E-state index < -0.39 is 14.6 Å². The molecule has 0 radical (unpaired) electrons. The number of guanidine groups is 1. The first-order chi connectivity index (χ1) is 8.24. The van der Waals surface area contributed by atoms with E-state index in [9.17, 15) is 8.42 Å². The second-order valence-electron chi connectivity index (χ2n) is 4.61. The van der Waals surface area contributed by atoms with Crippen LogP contribution in [-0.4, -0.2) is 52.2 Å². The molecule has 0 aliphatic heterocycles. The molecule has 0 bridgehead atoms. The summed E-state index contributed by atoms with van der Waals surface area (Å²) < 4.78 is 27.0. The van der Waals surface area contributed by atoms with Gasteiger partial charge in [0.2, 0.25) is 5.96 Å². The van der Waals surface area contributed by atoms with Crippen LogP contribution in [0, 0.1) is 0 Å². The van der Waals surface area contributed by atoms with E-state index in [1.165, 1.54) is 6.26 Å². The highest BCUT2D eigenvalue weighted by molar-refractivity contribution is 7.92. The number of nitrogens with two attached hydrogens (primary N) is 1. The molecule has 4 N–H and O–H groups in total. The zero-order valence-corrected chi connectivity index (χ0v) is 12.3. The van der Waals surface area contributed by atoms with Crippen LogP contribution in [-0.2, 0) is 14.6 Å². The van der Waals surface area contributed by atoms with Gasteiger partial charge in [0.05, 0.1) is 11.3 Å². The van der Waals surface area contributed by atoms with Gasteiger partial charge in [-0.15, -0.1) is 0 Å². The molecular weight excluding hydrogens is 256 g/mol. The standard InChI is InChI=1S/C10H24N4O3S/c1-10(2,18(4,15)16)8-13-9(14-11)12-6-5-7-17-3/h5-8,11H2,1-4H3,(H2,12,13,14). The molecule has 0 atom stereocenters. The molecule has 0 rings (SSSR count). The lowest BCUT2D eigenvalue weighted by Crippen LogP contribution is -2.44. The van der Waals surface area contributed by atoms with Crippen LogP contribution in [0.1, 0.15) is 20.3 Å². The largest absolute Gasteiger partial charge is 0.385 e. The number of hydrazine groups is 1. The summed E-state index contributed by atoms with van der Waals surface area (Å²) in [6.45, 7) is 4.69. The van der Waals surface area contributed by atoms with Crippen molar-refractivity contribution in [1.82, 2.24) is 10.7 Å². The van der Waals surface area contributed by atoms with Crippen LogP contribution in [0.4, 0.5) is 0 Å². The number of methoxy groups -OCH3 is 1. The Morgan fingerprint density at radius 1 is 1.44 bits per heavy atom. The molecule has 0 unspecified atom stereocenters. The highest BCUT2D eigenvalue weighted by Crippen LogP contribution is 2.14. The summed E-state index contributed by atoms with van der Waals surface area (Å²) in [7, 11) is -1.53. The Bertz CT molecular complexity index is 365. The third-order valence-corrected chi connectivity index (χ3v) is 4.71. The molecule has 0 saturated carbocycles. The van der Waals surface area contributed by atoms with Crippen molar-refractivity contribution < 1.29 is 13.2 Å². The monoisotopic (exact) mass is 280 g/mol. The maximum atomic E-state index is 11.5. The molecule has 0 aliphatic rings. The summed E-state index contributed by atoms with van der Waals surface area (Å²) in [6.07, 6.45) is 2.01. The minimum absolute atomic E-state index is 0.142. The van der Waals surface area contributed by atoms with E-state index >= 15 is 0 Å². The third-order valence-electron chi connectivity index (χ3n) is 2.58. The summed E-state index contributed by atoms with van der Waals surface area (Å²) in [6, 6.07) is 0. The second kappa shape index (κ2) is 7.55. The van der Waals surface area contributed by atoms with Crippen LogP contribution in [0.25, 0.3) is 0 Å². The highest BCUT2D eigenvalue weighted by Gasteiger charge is 2.29. The molecule has 0 heterocycles. The minimum Gasteiger partial charge on any atom is -0.385 e. The molecular formula is C10H24N4O3S. The van der Waals surface area contributed by atoms with Gasteiger partial charge in [0.15, 0.2) is 9.84 Å². The average Bonchev–Trinajstić information content (AvgIpc) is 2.26. The predicted octanol–water partition coefficient (Wildman–Crippen LogP) is -0.745. The van der Waals surface area contributed by atoms with E-state index in [2.05, 4.69) is 15.7 Å². The number of sulfone groups is 1. The second-order valence-corrected chi connectivity index (χ2v) is 7.26. The fourth-order valence-electron chi connectivity index (χ4n) is 0.963. The van der Waals surface area contributed by atoms with Gasteiger partial charge in [-0.05, 0) is 20.3 Å². The smallest absolute Gasteiger partial charge is 0.205 e. The SMILES string of the molecule is COCCCNC(=NCC(C)(C)S(C)(=O)=O)NN. The molecule has 0 spiro atoms. The quantitative estimate of drug-likeness (QED) is 0.186. The van der Waals surface area contributed by atoms with Gasteiger partial charge in [0, 0.05) is 26.5 Å². The molecule has 108 valence electrons. The number of aliphatic imine (C=N–C) groups is 1. The number of ether oxygens (including phenoxy) is 1. The van der Waals surface area contributed by atoms with Crippen molar-refractivity contribution >= 4 is 15.8 Å². The van der Waals surface area contributed by atoms with Crippen LogP contribution in [0.2, 0.25) is 0 Å². The molecule has 0 aliphatic carbocycles. The number of hydrogen-bond donors (Lipinski definition) is 3. The summed E-state index contributed by atoms with van der Waals surface area (Å²) in [5.74, 6) is 5.68. The van der Waals surface area contributed by atoms with Crippen LogP contribution in [0.3, 0.4) is 0 Å². The maximum absolute atomic E-state index is 11.5. The third kappa shape index (κ3) is 6.18. The Balaban J connectivity index is 4.36. The predicted molar refractivity (Wildman–Crippen MR) is 73.0 cm³/mol. The lowest BCUT2D eigenvalue weighted by atomic mass is 10.2. The first-order valence-electron chi connectivity index (χ1n) is 5.68. The van der Waals surface area contributed by atoms with Crippen LogP contribution in [0.15, 0.2) is 4.99 Å². The van der Waals surface area contributed by atoms with E-state index in [0.29, 0.717) is 19.1 Å². The van der Waals surface area contributed by atoms with Crippen LogP contribution < -0.4 is 16.6 Å². The molecule has 0 amide bonds. The zero-order chi connectivity index (χ0) is 14.2. The maximum Gasteiger partial charge on any atom is 0.205 e. The summed E-state index contributed by atoms with van der Waals surface area (Å²) >= 11 is 0. The number of hydrogen-bond acceptors (Lipinski definition) is 5. The van der Waals surface area contributed by atoms with Crippen molar-refractivity contribution in [1.29, 1.82) is 0 Å². The Labute approximate surface area is 109 Å². The van der Waals surface area contributed by atoms with Gasteiger partial charge in [-0.25, -0.2) is 14.3 Å². The van der Waals surface area contributed by atoms with Gasteiger partial charge >= 0.3 is 0 Å². The van der Waals surface area contributed by atoms with Gasteiger partial charge in [-0.2, -0.15) is 0 Å². The van der Waals surface area contributed by atoms with E-state index in [0.717, 1.165) is 6.42 Å². The Morgan fingerprint density at radius 2 is 2.06 bits per heavy atom. The fraction of sp³-hybridized carbons (Fsp3) is 0.900. The van der Waals surface area contributed by atoms with E-state index in [4.69, 9.17) is 10.6 Å². The lowest BCUT2D eigenvalue weighted by Gasteiger charge is -2.20. The molecule has 18 heavy (non-hydrogen) atoms. The van der Waals surface area contributed by atoms with Crippen LogP contribution in [0.5, 0.6) is 0 Å². The van der Waals surface area contributed by atoms with E-state index in [-0.39, 0.29) is 6.54 Å². The minimum atomic E-state index is -3.16. The summed E-state index contributed by atoms with van der Waals surface area (Å²) in [5.41, 5.74) is 2.41. The number of nitrogens with one attached hydrogen (secondary N) is 2. The van der Waals surface area contributed by atoms with Crippen molar-refractivity contribution in [2.24, 2.45) is 10.8 Å². The molecule has 8 heteroatoms. The zero-order valence-electron chi connectivity index (χ0n) is 11.5.